The summed E-state index contributed by atoms with van der Waals surface area (Å²) in [4.78, 5) is 30.2. The zero-order chi connectivity index (χ0) is 19.5. The molecule has 0 unspecified atom stereocenters. The van der Waals surface area contributed by atoms with Gasteiger partial charge >= 0.3 is 0 Å². The van der Waals surface area contributed by atoms with Crippen LogP contribution in [-0.4, -0.2) is 22.4 Å². The molecule has 4 rings (SSSR count). The van der Waals surface area contributed by atoms with E-state index in [0.29, 0.717) is 24.0 Å². The van der Waals surface area contributed by atoms with Crippen LogP contribution >= 0.6 is 0 Å². The van der Waals surface area contributed by atoms with Crippen molar-refractivity contribution in [2.75, 3.05) is 6.54 Å². The summed E-state index contributed by atoms with van der Waals surface area (Å²) in [5.74, 6) is -0.496. The maximum atomic E-state index is 13.3. The van der Waals surface area contributed by atoms with Gasteiger partial charge in [-0.05, 0) is 54.1 Å². The lowest BCUT2D eigenvalue weighted by atomic mass is 10.1. The Morgan fingerprint density at radius 3 is 2.75 bits per heavy atom. The molecular formula is C22H20FN3O2. The highest BCUT2D eigenvalue weighted by Crippen LogP contribution is 2.17. The topological polar surface area (TPSA) is 77.8 Å². The fraction of sp³-hybridized carbons (Fsp3) is 0.182. The van der Waals surface area contributed by atoms with Gasteiger partial charge in [-0.25, -0.2) is 4.39 Å². The molecule has 0 aliphatic rings. The summed E-state index contributed by atoms with van der Waals surface area (Å²) >= 11 is 0. The van der Waals surface area contributed by atoms with Crippen molar-refractivity contribution in [2.24, 2.45) is 0 Å². The minimum Gasteiger partial charge on any atom is -0.361 e. The largest absolute Gasteiger partial charge is 0.361 e. The number of nitrogens with one attached hydrogen (secondary N) is 3. The molecule has 1 amide bonds. The molecular weight excluding hydrogens is 357 g/mol. The zero-order valence-electron chi connectivity index (χ0n) is 15.2. The van der Waals surface area contributed by atoms with Crippen LogP contribution in [0.5, 0.6) is 0 Å². The van der Waals surface area contributed by atoms with Crippen LogP contribution in [0.1, 0.15) is 17.5 Å². The number of H-pyrrole nitrogens is 2. The van der Waals surface area contributed by atoms with Crippen LogP contribution in [0, 0.1) is 5.82 Å². The molecule has 2 heterocycles. The van der Waals surface area contributed by atoms with Gasteiger partial charge in [-0.15, -0.1) is 0 Å². The van der Waals surface area contributed by atoms with Gasteiger partial charge in [0.15, 0.2) is 0 Å². The predicted octanol–water partition coefficient (Wildman–Crippen LogP) is 3.44. The van der Waals surface area contributed by atoms with Gasteiger partial charge < -0.3 is 15.3 Å². The van der Waals surface area contributed by atoms with Crippen LogP contribution in [0.3, 0.4) is 0 Å². The average molecular weight is 377 g/mol. The number of para-hydroxylation sites is 1. The van der Waals surface area contributed by atoms with Gasteiger partial charge in [0.05, 0.1) is 5.52 Å². The van der Waals surface area contributed by atoms with E-state index in [2.05, 4.69) is 21.4 Å². The van der Waals surface area contributed by atoms with Crippen LogP contribution in [-0.2, 0) is 17.6 Å². The number of carbonyl (C=O) groups is 1. The number of amides is 1. The summed E-state index contributed by atoms with van der Waals surface area (Å²) in [5, 5.41) is 4.81. The van der Waals surface area contributed by atoms with Crippen molar-refractivity contribution in [1.29, 1.82) is 0 Å². The van der Waals surface area contributed by atoms with Crippen LogP contribution in [0.25, 0.3) is 21.8 Å². The molecule has 5 nitrogen and oxygen atoms in total. The molecule has 3 N–H and O–H groups in total. The van der Waals surface area contributed by atoms with Gasteiger partial charge in [0, 0.05) is 35.6 Å². The standard InChI is InChI=1S/C22H20FN3O2/c23-17-7-5-14-11-15(22(28)26-20(14)12-17)6-8-21(27)24-10-9-16-13-25-19-4-2-1-3-18(16)19/h1-5,7,11-13,25H,6,8-10H2,(H,24,27)(H,26,28). The Balaban J connectivity index is 1.33. The van der Waals surface area contributed by atoms with Gasteiger partial charge in [0.25, 0.3) is 5.56 Å². The molecule has 0 spiro atoms. The van der Waals surface area contributed by atoms with Crippen molar-refractivity contribution >= 4 is 27.7 Å². The quantitative estimate of drug-likeness (QED) is 0.481. The molecule has 0 fully saturated rings. The van der Waals surface area contributed by atoms with E-state index in [1.165, 1.54) is 12.1 Å². The Labute approximate surface area is 160 Å². The van der Waals surface area contributed by atoms with E-state index < -0.39 is 5.82 Å². The van der Waals surface area contributed by atoms with E-state index in [4.69, 9.17) is 0 Å². The van der Waals surface area contributed by atoms with Gasteiger partial charge in [-0.2, -0.15) is 0 Å². The molecule has 0 saturated carbocycles. The Hall–Kier alpha value is -3.41. The highest BCUT2D eigenvalue weighted by molar-refractivity contribution is 5.83. The number of rotatable bonds is 6. The van der Waals surface area contributed by atoms with Crippen molar-refractivity contribution < 1.29 is 9.18 Å². The fourth-order valence-electron chi connectivity index (χ4n) is 3.42. The molecule has 28 heavy (non-hydrogen) atoms. The summed E-state index contributed by atoms with van der Waals surface area (Å²) in [6.45, 7) is 0.536. The van der Waals surface area contributed by atoms with Crippen LogP contribution in [0.15, 0.2) is 59.5 Å². The Morgan fingerprint density at radius 1 is 1.00 bits per heavy atom. The van der Waals surface area contributed by atoms with Gasteiger partial charge in [0.2, 0.25) is 5.91 Å². The van der Waals surface area contributed by atoms with Crippen molar-refractivity contribution in [1.82, 2.24) is 15.3 Å². The lowest BCUT2D eigenvalue weighted by Crippen LogP contribution is -2.26. The smallest absolute Gasteiger partial charge is 0.251 e. The molecule has 4 aromatic rings. The van der Waals surface area contributed by atoms with E-state index in [1.807, 2.05) is 24.4 Å². The number of benzene rings is 2. The van der Waals surface area contributed by atoms with Crippen molar-refractivity contribution in [3.63, 3.8) is 0 Å². The number of pyridine rings is 1. The predicted molar refractivity (Wildman–Crippen MR) is 108 cm³/mol. The number of hydrogen-bond donors (Lipinski definition) is 3. The van der Waals surface area contributed by atoms with Gasteiger partial charge in [-0.3, -0.25) is 9.59 Å². The first-order chi connectivity index (χ1) is 13.6. The fourth-order valence-corrected chi connectivity index (χ4v) is 3.42. The van der Waals surface area contributed by atoms with Crippen LogP contribution < -0.4 is 10.9 Å². The second-order valence-corrected chi connectivity index (χ2v) is 6.81. The SMILES string of the molecule is O=C(CCc1cc2ccc(F)cc2[nH]c1=O)NCCc1c[nH]c2ccccc12. The number of aryl methyl sites for hydroxylation is 1. The Morgan fingerprint density at radius 2 is 1.86 bits per heavy atom. The molecule has 0 atom stereocenters. The van der Waals surface area contributed by atoms with E-state index in [9.17, 15) is 14.0 Å². The number of fused-ring (bicyclic) bond motifs is 2. The van der Waals surface area contributed by atoms with Crippen molar-refractivity contribution in [3.8, 4) is 0 Å². The maximum absolute atomic E-state index is 13.3. The van der Waals surface area contributed by atoms with Crippen LogP contribution in [0.2, 0.25) is 0 Å². The van der Waals surface area contributed by atoms with E-state index >= 15 is 0 Å². The lowest BCUT2D eigenvalue weighted by Gasteiger charge is -2.06. The number of carbonyl (C=O) groups excluding carboxylic acids is 1. The summed E-state index contributed by atoms with van der Waals surface area (Å²) < 4.78 is 13.3. The highest BCUT2D eigenvalue weighted by atomic mass is 19.1. The number of halogens is 1. The van der Waals surface area contributed by atoms with Crippen molar-refractivity contribution in [2.45, 2.75) is 19.3 Å². The number of aromatic amines is 2. The molecule has 0 radical (unpaired) electrons. The third-order valence-corrected chi connectivity index (χ3v) is 4.90. The van der Waals surface area contributed by atoms with Gasteiger partial charge in [-0.1, -0.05) is 18.2 Å². The minimum absolute atomic E-state index is 0.0987. The normalized spacial score (nSPS) is 11.2. The summed E-state index contributed by atoms with van der Waals surface area (Å²) in [5.41, 5.74) is 2.93. The molecule has 142 valence electrons. The second kappa shape index (κ2) is 7.68. The van der Waals surface area contributed by atoms with E-state index in [0.717, 1.165) is 28.3 Å². The third kappa shape index (κ3) is 3.81. The van der Waals surface area contributed by atoms with Crippen LogP contribution in [0.4, 0.5) is 4.39 Å². The first-order valence-electron chi connectivity index (χ1n) is 9.23. The Kier molecular flexibility index (Phi) is 4.93. The minimum atomic E-state index is -0.398. The summed E-state index contributed by atoms with van der Waals surface area (Å²) in [7, 11) is 0. The van der Waals surface area contributed by atoms with Gasteiger partial charge in [0.1, 0.15) is 5.82 Å². The van der Waals surface area contributed by atoms with E-state index in [-0.39, 0.29) is 17.9 Å². The molecule has 2 aromatic heterocycles. The summed E-state index contributed by atoms with van der Waals surface area (Å²) in [6, 6.07) is 14.0. The maximum Gasteiger partial charge on any atom is 0.251 e. The van der Waals surface area contributed by atoms with Crippen molar-refractivity contribution in [3.05, 3.63) is 82.0 Å². The molecule has 0 bridgehead atoms. The molecule has 0 aliphatic heterocycles. The molecule has 0 aliphatic carbocycles. The number of aromatic nitrogens is 2. The first-order valence-corrected chi connectivity index (χ1v) is 9.23. The average Bonchev–Trinajstić information content (AvgIpc) is 3.09. The zero-order valence-corrected chi connectivity index (χ0v) is 15.2. The van der Waals surface area contributed by atoms with E-state index in [1.54, 1.807) is 12.1 Å². The second-order valence-electron chi connectivity index (χ2n) is 6.81. The third-order valence-electron chi connectivity index (χ3n) is 4.90. The number of hydrogen-bond acceptors (Lipinski definition) is 2. The highest BCUT2D eigenvalue weighted by Gasteiger charge is 2.08. The molecule has 6 heteroatoms. The molecule has 0 saturated heterocycles. The molecule has 2 aromatic carbocycles. The Bertz CT molecular complexity index is 1210. The lowest BCUT2D eigenvalue weighted by molar-refractivity contribution is -0.121. The first kappa shape index (κ1) is 18.0. The monoisotopic (exact) mass is 377 g/mol. The summed E-state index contributed by atoms with van der Waals surface area (Å²) in [6.07, 6.45) is 3.26.